The third-order valence-electron chi connectivity index (χ3n) is 2.20. The molecule has 1 unspecified atom stereocenters. The Labute approximate surface area is 95.3 Å². The highest BCUT2D eigenvalue weighted by Crippen LogP contribution is 2.20. The molecule has 1 heterocycles. The largest absolute Gasteiger partial charge is 0.310 e. The molecule has 0 aliphatic carbocycles. The van der Waals surface area contributed by atoms with E-state index < -0.39 is 0 Å². The van der Waals surface area contributed by atoms with Gasteiger partial charge in [0.2, 0.25) is 0 Å². The Morgan fingerprint density at radius 1 is 1.57 bits per heavy atom. The van der Waals surface area contributed by atoms with Gasteiger partial charge >= 0.3 is 0 Å². The standard InChI is InChI=1S/C11H19NS2/c1-3-6-12-11(5-7-13-2)10-4-8-14-9-10/h4,8-9,11-12H,3,5-7H2,1-2H3. The number of hydrogen-bond donors (Lipinski definition) is 1. The third kappa shape index (κ3) is 4.03. The molecule has 80 valence electrons. The van der Waals surface area contributed by atoms with Crippen LogP contribution in [-0.2, 0) is 0 Å². The van der Waals surface area contributed by atoms with Crippen LogP contribution < -0.4 is 5.32 Å². The summed E-state index contributed by atoms with van der Waals surface area (Å²) in [6.45, 7) is 3.33. The number of rotatable bonds is 7. The van der Waals surface area contributed by atoms with Gasteiger partial charge in [-0.2, -0.15) is 23.1 Å². The fourth-order valence-corrected chi connectivity index (χ4v) is 2.60. The molecule has 0 aliphatic rings. The van der Waals surface area contributed by atoms with Gasteiger partial charge in [-0.15, -0.1) is 0 Å². The monoisotopic (exact) mass is 229 g/mol. The maximum Gasteiger partial charge on any atom is 0.0336 e. The fraction of sp³-hybridized carbons (Fsp3) is 0.636. The second-order valence-corrected chi connectivity index (χ2v) is 5.11. The maximum atomic E-state index is 3.60. The van der Waals surface area contributed by atoms with E-state index in [1.807, 2.05) is 11.8 Å². The Morgan fingerprint density at radius 2 is 2.43 bits per heavy atom. The minimum atomic E-state index is 0.564. The SMILES string of the molecule is CCCNC(CCSC)c1ccsc1. The smallest absolute Gasteiger partial charge is 0.0336 e. The van der Waals surface area contributed by atoms with Gasteiger partial charge in [-0.05, 0) is 53.8 Å². The molecule has 1 rings (SSSR count). The van der Waals surface area contributed by atoms with Crippen molar-refractivity contribution in [2.24, 2.45) is 0 Å². The molecule has 0 bridgehead atoms. The second kappa shape index (κ2) is 7.32. The molecule has 1 nitrogen and oxygen atoms in total. The molecule has 0 saturated carbocycles. The van der Waals surface area contributed by atoms with Crippen molar-refractivity contribution >= 4 is 23.1 Å². The first kappa shape index (κ1) is 12.1. The summed E-state index contributed by atoms with van der Waals surface area (Å²) in [4.78, 5) is 0. The summed E-state index contributed by atoms with van der Waals surface area (Å²) in [5, 5.41) is 8.02. The van der Waals surface area contributed by atoms with Crippen LogP contribution in [0.5, 0.6) is 0 Å². The van der Waals surface area contributed by atoms with Crippen LogP contribution in [0.4, 0.5) is 0 Å². The topological polar surface area (TPSA) is 12.0 Å². The first-order chi connectivity index (χ1) is 6.88. The van der Waals surface area contributed by atoms with Crippen molar-refractivity contribution in [3.05, 3.63) is 22.4 Å². The van der Waals surface area contributed by atoms with Crippen molar-refractivity contribution in [3.63, 3.8) is 0 Å². The molecule has 1 N–H and O–H groups in total. The molecular formula is C11H19NS2. The van der Waals surface area contributed by atoms with Crippen LogP contribution in [0.15, 0.2) is 16.8 Å². The summed E-state index contributed by atoms with van der Waals surface area (Å²) in [6, 6.07) is 2.80. The average molecular weight is 229 g/mol. The van der Waals surface area contributed by atoms with Crippen molar-refractivity contribution in [2.45, 2.75) is 25.8 Å². The molecule has 0 radical (unpaired) electrons. The van der Waals surface area contributed by atoms with E-state index in [0.29, 0.717) is 6.04 Å². The highest BCUT2D eigenvalue weighted by atomic mass is 32.2. The molecule has 0 spiro atoms. The zero-order valence-corrected chi connectivity index (χ0v) is 10.6. The lowest BCUT2D eigenvalue weighted by Gasteiger charge is -2.16. The van der Waals surface area contributed by atoms with Crippen LogP contribution in [0.1, 0.15) is 31.4 Å². The molecule has 1 aromatic heterocycles. The Hall–Kier alpha value is 0.01000. The van der Waals surface area contributed by atoms with E-state index in [1.54, 1.807) is 11.3 Å². The molecule has 0 saturated heterocycles. The Kier molecular flexibility index (Phi) is 6.32. The van der Waals surface area contributed by atoms with E-state index in [1.165, 1.54) is 24.2 Å². The summed E-state index contributed by atoms with van der Waals surface area (Å²) < 4.78 is 0. The molecule has 0 aromatic carbocycles. The first-order valence-corrected chi connectivity index (χ1v) is 7.46. The normalized spacial score (nSPS) is 13.0. The number of thiophene rings is 1. The van der Waals surface area contributed by atoms with Crippen LogP contribution >= 0.6 is 23.1 Å². The molecule has 0 aliphatic heterocycles. The molecule has 3 heteroatoms. The van der Waals surface area contributed by atoms with Crippen molar-refractivity contribution < 1.29 is 0 Å². The molecule has 14 heavy (non-hydrogen) atoms. The maximum absolute atomic E-state index is 3.60. The van der Waals surface area contributed by atoms with Crippen molar-refractivity contribution in [1.82, 2.24) is 5.32 Å². The van der Waals surface area contributed by atoms with Crippen molar-refractivity contribution in [2.75, 3.05) is 18.6 Å². The highest BCUT2D eigenvalue weighted by molar-refractivity contribution is 7.98. The number of hydrogen-bond acceptors (Lipinski definition) is 3. The zero-order valence-electron chi connectivity index (χ0n) is 8.95. The van der Waals surface area contributed by atoms with Gasteiger partial charge in [-0.25, -0.2) is 0 Å². The van der Waals surface area contributed by atoms with Gasteiger partial charge in [0.25, 0.3) is 0 Å². The van der Waals surface area contributed by atoms with Crippen LogP contribution in [0.3, 0.4) is 0 Å². The van der Waals surface area contributed by atoms with Gasteiger partial charge < -0.3 is 5.32 Å². The molecule has 0 fully saturated rings. The van der Waals surface area contributed by atoms with E-state index in [-0.39, 0.29) is 0 Å². The van der Waals surface area contributed by atoms with Gasteiger partial charge in [0, 0.05) is 6.04 Å². The summed E-state index contributed by atoms with van der Waals surface area (Å²) >= 11 is 3.71. The van der Waals surface area contributed by atoms with Gasteiger partial charge in [0.05, 0.1) is 0 Å². The van der Waals surface area contributed by atoms with E-state index in [9.17, 15) is 0 Å². The van der Waals surface area contributed by atoms with E-state index in [4.69, 9.17) is 0 Å². The quantitative estimate of drug-likeness (QED) is 0.767. The predicted octanol–water partition coefficient (Wildman–Crippen LogP) is 3.54. The minimum Gasteiger partial charge on any atom is -0.310 e. The van der Waals surface area contributed by atoms with Gasteiger partial charge in [0.15, 0.2) is 0 Å². The lowest BCUT2D eigenvalue weighted by molar-refractivity contribution is 0.523. The summed E-state index contributed by atoms with van der Waals surface area (Å²) in [7, 11) is 0. The summed E-state index contributed by atoms with van der Waals surface area (Å²) in [5.41, 5.74) is 1.46. The summed E-state index contributed by atoms with van der Waals surface area (Å²) in [6.07, 6.45) is 4.61. The van der Waals surface area contributed by atoms with Crippen LogP contribution in [0, 0.1) is 0 Å². The van der Waals surface area contributed by atoms with Gasteiger partial charge in [-0.1, -0.05) is 6.92 Å². The lowest BCUT2D eigenvalue weighted by Crippen LogP contribution is -2.22. The molecule has 1 atom stereocenters. The lowest BCUT2D eigenvalue weighted by atomic mass is 10.1. The van der Waals surface area contributed by atoms with E-state index >= 15 is 0 Å². The Balaban J connectivity index is 2.44. The molecular weight excluding hydrogens is 210 g/mol. The average Bonchev–Trinajstić information content (AvgIpc) is 2.71. The second-order valence-electron chi connectivity index (χ2n) is 3.34. The van der Waals surface area contributed by atoms with Crippen LogP contribution in [0.25, 0.3) is 0 Å². The predicted molar refractivity (Wildman–Crippen MR) is 68.4 cm³/mol. The van der Waals surface area contributed by atoms with Crippen molar-refractivity contribution in [1.29, 1.82) is 0 Å². The van der Waals surface area contributed by atoms with E-state index in [2.05, 4.69) is 35.3 Å². The first-order valence-electron chi connectivity index (χ1n) is 5.13. The number of nitrogens with one attached hydrogen (secondary N) is 1. The molecule has 0 amide bonds. The Bertz CT molecular complexity index is 213. The number of thioether (sulfide) groups is 1. The van der Waals surface area contributed by atoms with Crippen molar-refractivity contribution in [3.8, 4) is 0 Å². The van der Waals surface area contributed by atoms with Gasteiger partial charge in [0.1, 0.15) is 0 Å². The highest BCUT2D eigenvalue weighted by Gasteiger charge is 2.09. The zero-order chi connectivity index (χ0) is 10.2. The van der Waals surface area contributed by atoms with Gasteiger partial charge in [-0.3, -0.25) is 0 Å². The third-order valence-corrected chi connectivity index (χ3v) is 3.54. The van der Waals surface area contributed by atoms with E-state index in [0.717, 1.165) is 6.54 Å². The summed E-state index contributed by atoms with van der Waals surface area (Å²) in [5.74, 6) is 1.23. The molecule has 1 aromatic rings. The Morgan fingerprint density at radius 3 is 3.00 bits per heavy atom. The van der Waals surface area contributed by atoms with Crippen LogP contribution in [-0.4, -0.2) is 18.6 Å². The minimum absolute atomic E-state index is 0.564. The fourth-order valence-electron chi connectivity index (χ4n) is 1.41. The van der Waals surface area contributed by atoms with Crippen LogP contribution in [0.2, 0.25) is 0 Å².